The summed E-state index contributed by atoms with van der Waals surface area (Å²) in [5.74, 6) is 0.0180. The zero-order valence-corrected chi connectivity index (χ0v) is 35.4. The van der Waals surface area contributed by atoms with Gasteiger partial charge in [0.25, 0.3) is 11.8 Å². The number of hydrogen-bond donors (Lipinski definition) is 3. The Balaban J connectivity index is 0.809. The summed E-state index contributed by atoms with van der Waals surface area (Å²) in [6.07, 6.45) is 4.47. The highest BCUT2D eigenvalue weighted by Gasteiger charge is 2.41. The molecule has 4 heterocycles. The molecule has 3 aromatic rings. The van der Waals surface area contributed by atoms with Gasteiger partial charge in [0.2, 0.25) is 5.91 Å². The van der Waals surface area contributed by atoms with Crippen molar-refractivity contribution in [3.05, 3.63) is 69.2 Å². The van der Waals surface area contributed by atoms with E-state index in [4.69, 9.17) is 14.2 Å². The number of rotatable bonds is 17. The Hall–Kier alpha value is -4.29. The molecular formula is C44H57F3N6O7S. The summed E-state index contributed by atoms with van der Waals surface area (Å²) in [5.41, 5.74) is 3.11. The Morgan fingerprint density at radius 2 is 1.85 bits per heavy atom. The molecule has 2 saturated heterocycles. The van der Waals surface area contributed by atoms with Gasteiger partial charge < -0.3 is 39.8 Å². The first-order valence-electron chi connectivity index (χ1n) is 21.5. The van der Waals surface area contributed by atoms with Crippen molar-refractivity contribution in [1.82, 2.24) is 25.0 Å². The first kappa shape index (κ1) is 44.8. The molecule has 17 heteroatoms. The number of phenols is 1. The van der Waals surface area contributed by atoms with E-state index >= 15 is 0 Å². The van der Waals surface area contributed by atoms with E-state index in [-0.39, 0.29) is 46.0 Å². The molecular weight excluding hydrogens is 814 g/mol. The number of carbonyl (C=O) groups excluding carboxylic acids is 3. The van der Waals surface area contributed by atoms with Crippen molar-refractivity contribution in [1.29, 1.82) is 0 Å². The number of alkyl halides is 3. The van der Waals surface area contributed by atoms with Gasteiger partial charge in [-0.15, -0.1) is 11.3 Å². The molecule has 4 aliphatic rings. The molecule has 7 rings (SSSR count). The number of morpholine rings is 1. The second-order valence-electron chi connectivity index (χ2n) is 16.5. The van der Waals surface area contributed by atoms with Crippen molar-refractivity contribution in [2.45, 2.75) is 95.0 Å². The molecule has 61 heavy (non-hydrogen) atoms. The summed E-state index contributed by atoms with van der Waals surface area (Å²) < 4.78 is 56.4. The zero-order chi connectivity index (χ0) is 42.8. The fourth-order valence-electron chi connectivity index (χ4n) is 8.86. The van der Waals surface area contributed by atoms with E-state index in [1.807, 2.05) is 4.90 Å². The Morgan fingerprint density at radius 3 is 2.66 bits per heavy atom. The first-order chi connectivity index (χ1) is 29.4. The van der Waals surface area contributed by atoms with E-state index in [1.165, 1.54) is 23.7 Å². The molecule has 2 aromatic carbocycles. The maximum atomic E-state index is 13.5. The Kier molecular flexibility index (Phi) is 15.2. The maximum Gasteiger partial charge on any atom is 0.395 e. The minimum atomic E-state index is -4.37. The SMILES string of the molecule is O=C1COc2c(CCNCCN(C(=O)CCOCCc3cccc(CN4CCC5(CC4)CN(C(=O)c4cnc(CC(F)(F)F)s4)CCO5)c3)C3CCCCC3)ccc(O)c2N1. The molecule has 0 unspecified atom stereocenters. The largest absolute Gasteiger partial charge is 0.506 e. The Labute approximate surface area is 358 Å². The molecule has 1 saturated carbocycles. The number of ether oxygens (including phenoxy) is 3. The van der Waals surface area contributed by atoms with Crippen molar-refractivity contribution in [2.24, 2.45) is 0 Å². The zero-order valence-electron chi connectivity index (χ0n) is 34.6. The van der Waals surface area contributed by atoms with Gasteiger partial charge in [-0.1, -0.05) is 49.6 Å². The van der Waals surface area contributed by atoms with E-state index < -0.39 is 18.2 Å². The van der Waals surface area contributed by atoms with E-state index in [0.717, 1.165) is 81.5 Å². The molecule has 0 radical (unpaired) electrons. The van der Waals surface area contributed by atoms with Crippen LogP contribution in [0.4, 0.5) is 18.9 Å². The molecule has 13 nitrogen and oxygen atoms in total. The second-order valence-corrected chi connectivity index (χ2v) is 17.7. The van der Waals surface area contributed by atoms with Gasteiger partial charge in [0.1, 0.15) is 21.3 Å². The minimum absolute atomic E-state index is 0.0208. The summed E-state index contributed by atoms with van der Waals surface area (Å²) in [6, 6.07) is 12.1. The number of nitrogens with one attached hydrogen (secondary N) is 2. The average Bonchev–Trinajstić information content (AvgIpc) is 3.71. The first-order valence-corrected chi connectivity index (χ1v) is 22.4. The van der Waals surface area contributed by atoms with Crippen LogP contribution in [0.25, 0.3) is 0 Å². The lowest BCUT2D eigenvalue weighted by Crippen LogP contribution is -2.57. The van der Waals surface area contributed by atoms with Gasteiger partial charge in [-0.2, -0.15) is 13.2 Å². The topological polar surface area (TPSA) is 146 Å². The number of hydrogen-bond acceptors (Lipinski definition) is 11. The van der Waals surface area contributed by atoms with Crippen molar-refractivity contribution >= 4 is 34.7 Å². The van der Waals surface area contributed by atoms with Crippen LogP contribution in [0.2, 0.25) is 0 Å². The summed E-state index contributed by atoms with van der Waals surface area (Å²) in [4.78, 5) is 48.7. The van der Waals surface area contributed by atoms with Gasteiger partial charge in [0.15, 0.2) is 12.4 Å². The highest BCUT2D eigenvalue weighted by molar-refractivity contribution is 7.13. The molecule has 3 amide bonds. The van der Waals surface area contributed by atoms with E-state index in [1.54, 1.807) is 17.0 Å². The number of benzene rings is 2. The molecule has 0 bridgehead atoms. The van der Waals surface area contributed by atoms with Crippen LogP contribution in [0.5, 0.6) is 11.5 Å². The molecule has 0 atom stereocenters. The number of amides is 3. The van der Waals surface area contributed by atoms with Crippen molar-refractivity contribution < 1.29 is 46.9 Å². The highest BCUT2D eigenvalue weighted by Crippen LogP contribution is 2.39. The quantitative estimate of drug-likeness (QED) is 0.114. The second kappa shape index (κ2) is 20.7. The number of thiazole rings is 1. The maximum absolute atomic E-state index is 13.5. The van der Waals surface area contributed by atoms with Crippen molar-refractivity contribution in [2.75, 3.05) is 77.6 Å². The summed E-state index contributed by atoms with van der Waals surface area (Å²) in [5, 5.41) is 16.2. The molecule has 3 fully saturated rings. The lowest BCUT2D eigenvalue weighted by Gasteiger charge is -2.47. The Morgan fingerprint density at radius 1 is 1.05 bits per heavy atom. The number of piperidine rings is 1. The number of aromatic hydroxyl groups is 1. The number of nitrogens with zero attached hydrogens (tertiary/aromatic N) is 4. The fourth-order valence-corrected chi connectivity index (χ4v) is 9.77. The monoisotopic (exact) mass is 870 g/mol. The van der Waals surface area contributed by atoms with Crippen LogP contribution in [-0.4, -0.2) is 133 Å². The van der Waals surface area contributed by atoms with Crippen LogP contribution >= 0.6 is 11.3 Å². The molecule has 332 valence electrons. The molecule has 1 spiro atoms. The average molecular weight is 871 g/mol. The van der Waals surface area contributed by atoms with E-state index in [0.29, 0.717) is 76.8 Å². The van der Waals surface area contributed by atoms with Crippen LogP contribution in [0.1, 0.15) is 82.7 Å². The standard InChI is InChI=1S/C44H57F3N6O7S/c45-44(46,47)26-38-49-27-36(61-38)42(57)52-21-24-60-43(30-52)14-18-51(19-15-43)28-32-6-4-5-31(25-32)12-22-58-23-13-39(56)53(34-7-2-1-3-8-34)20-17-48-16-11-33-9-10-35(54)40-41(33)59-29-37(55)50-40/h4-6,9-10,25,27,34,48,54H,1-3,7-8,11-24,26,28-30H2,(H,50,55). The summed E-state index contributed by atoms with van der Waals surface area (Å²) in [6.45, 7) is 6.29. The predicted molar refractivity (Wildman–Crippen MR) is 224 cm³/mol. The van der Waals surface area contributed by atoms with Crippen LogP contribution in [0.3, 0.4) is 0 Å². The third kappa shape index (κ3) is 12.4. The smallest absolute Gasteiger partial charge is 0.395 e. The van der Waals surface area contributed by atoms with Gasteiger partial charge in [-0.25, -0.2) is 4.98 Å². The third-order valence-corrected chi connectivity index (χ3v) is 13.1. The number of anilines is 1. The Bertz CT molecular complexity index is 1970. The normalized spacial score (nSPS) is 18.4. The van der Waals surface area contributed by atoms with Gasteiger partial charge in [-0.05, 0) is 67.8 Å². The van der Waals surface area contributed by atoms with E-state index in [2.05, 4.69) is 44.8 Å². The van der Waals surface area contributed by atoms with Gasteiger partial charge in [0.05, 0.1) is 51.0 Å². The predicted octanol–water partition coefficient (Wildman–Crippen LogP) is 5.73. The number of halogens is 3. The molecule has 3 N–H and O–H groups in total. The molecule has 1 aromatic heterocycles. The number of carbonyl (C=O) groups is 3. The number of phenolic OH excluding ortho intramolecular Hbond substituents is 1. The fraction of sp³-hybridized carbons (Fsp3) is 0.591. The lowest BCUT2D eigenvalue weighted by molar-refractivity contribution is -0.135. The van der Waals surface area contributed by atoms with Crippen LogP contribution in [0, 0.1) is 0 Å². The van der Waals surface area contributed by atoms with Crippen molar-refractivity contribution in [3.8, 4) is 11.5 Å². The van der Waals surface area contributed by atoms with Crippen molar-refractivity contribution in [3.63, 3.8) is 0 Å². The number of likely N-dealkylation sites (tertiary alicyclic amines) is 1. The van der Waals surface area contributed by atoms with Crippen LogP contribution < -0.4 is 15.4 Å². The number of aromatic nitrogens is 1. The third-order valence-electron chi connectivity index (χ3n) is 12.1. The summed E-state index contributed by atoms with van der Waals surface area (Å²) >= 11 is 0.809. The minimum Gasteiger partial charge on any atom is -0.506 e. The molecule has 1 aliphatic carbocycles. The van der Waals surface area contributed by atoms with E-state index in [9.17, 15) is 32.7 Å². The van der Waals surface area contributed by atoms with Crippen LogP contribution in [-0.2, 0) is 44.9 Å². The van der Waals surface area contributed by atoms with Gasteiger partial charge in [0, 0.05) is 45.3 Å². The van der Waals surface area contributed by atoms with Gasteiger partial charge in [-0.3, -0.25) is 19.3 Å². The molecule has 3 aliphatic heterocycles. The van der Waals surface area contributed by atoms with Gasteiger partial charge >= 0.3 is 6.18 Å². The summed E-state index contributed by atoms with van der Waals surface area (Å²) in [7, 11) is 0. The number of fused-ring (bicyclic) bond motifs is 1. The lowest BCUT2D eigenvalue weighted by atomic mass is 9.89. The van der Waals surface area contributed by atoms with Crippen LogP contribution in [0.15, 0.2) is 42.6 Å². The highest BCUT2D eigenvalue weighted by atomic mass is 32.1.